The molecule has 0 N–H and O–H groups in total. The Morgan fingerprint density at radius 2 is 2.00 bits per heavy atom. The zero-order valence-corrected chi connectivity index (χ0v) is 9.26. The van der Waals surface area contributed by atoms with Crippen LogP contribution in [0, 0.1) is 12.7 Å². The van der Waals surface area contributed by atoms with Crippen LogP contribution in [0.2, 0.25) is 0 Å². The molecule has 84 valence electrons. The van der Waals surface area contributed by atoms with Crippen molar-refractivity contribution in [3.05, 3.63) is 54.2 Å². The normalized spacial score (nSPS) is 10.9. The SMILES string of the molecule is Cc1cccc2nc(-c3ccc(F)cn3)cn12. The number of halogens is 1. The molecule has 3 nitrogen and oxygen atoms in total. The highest BCUT2D eigenvalue weighted by Crippen LogP contribution is 2.17. The molecule has 0 aliphatic heterocycles. The summed E-state index contributed by atoms with van der Waals surface area (Å²) in [6.07, 6.45) is 3.11. The number of imidazole rings is 1. The Morgan fingerprint density at radius 1 is 1.12 bits per heavy atom. The average molecular weight is 227 g/mol. The number of hydrogen-bond acceptors (Lipinski definition) is 2. The van der Waals surface area contributed by atoms with Crippen LogP contribution < -0.4 is 0 Å². The summed E-state index contributed by atoms with van der Waals surface area (Å²) in [5, 5.41) is 0. The summed E-state index contributed by atoms with van der Waals surface area (Å²) >= 11 is 0. The molecule has 0 fully saturated rings. The lowest BCUT2D eigenvalue weighted by molar-refractivity contribution is 0.622. The summed E-state index contributed by atoms with van der Waals surface area (Å²) in [6.45, 7) is 2.01. The molecule has 0 atom stereocenters. The predicted octanol–water partition coefficient (Wildman–Crippen LogP) is 2.84. The summed E-state index contributed by atoms with van der Waals surface area (Å²) in [5.41, 5.74) is 3.39. The first kappa shape index (κ1) is 9.96. The Balaban J connectivity index is 2.18. The molecule has 0 spiro atoms. The van der Waals surface area contributed by atoms with Gasteiger partial charge in [0.05, 0.1) is 11.9 Å². The molecule has 0 aliphatic rings. The van der Waals surface area contributed by atoms with Crippen molar-refractivity contribution in [1.82, 2.24) is 14.4 Å². The number of nitrogens with zero attached hydrogens (tertiary/aromatic N) is 3. The van der Waals surface area contributed by atoms with Gasteiger partial charge >= 0.3 is 0 Å². The van der Waals surface area contributed by atoms with Gasteiger partial charge in [-0.15, -0.1) is 0 Å². The second kappa shape index (κ2) is 3.66. The highest BCUT2D eigenvalue weighted by molar-refractivity contribution is 5.59. The standard InChI is InChI=1S/C13H10FN3/c1-9-3-2-4-13-16-12(8-17(9)13)11-6-5-10(14)7-15-11/h2-8H,1H3. The quantitative estimate of drug-likeness (QED) is 0.640. The fourth-order valence-electron chi connectivity index (χ4n) is 1.80. The Kier molecular flexibility index (Phi) is 2.14. The monoisotopic (exact) mass is 227 g/mol. The summed E-state index contributed by atoms with van der Waals surface area (Å²) in [5.74, 6) is -0.339. The van der Waals surface area contributed by atoms with Gasteiger partial charge in [0.25, 0.3) is 0 Å². The minimum Gasteiger partial charge on any atom is -0.304 e. The van der Waals surface area contributed by atoms with Crippen molar-refractivity contribution < 1.29 is 4.39 Å². The zero-order chi connectivity index (χ0) is 11.8. The third-order valence-electron chi connectivity index (χ3n) is 2.69. The summed E-state index contributed by atoms with van der Waals surface area (Å²) < 4.78 is 14.8. The van der Waals surface area contributed by atoms with Gasteiger partial charge in [0.1, 0.15) is 17.2 Å². The summed E-state index contributed by atoms with van der Waals surface area (Å²) in [6, 6.07) is 8.92. The van der Waals surface area contributed by atoms with Gasteiger partial charge in [0.2, 0.25) is 0 Å². The first-order chi connectivity index (χ1) is 8.24. The second-order valence-corrected chi connectivity index (χ2v) is 3.88. The fourth-order valence-corrected chi connectivity index (χ4v) is 1.80. The average Bonchev–Trinajstić information content (AvgIpc) is 2.75. The summed E-state index contributed by atoms with van der Waals surface area (Å²) in [7, 11) is 0. The van der Waals surface area contributed by atoms with Crippen LogP contribution in [0.3, 0.4) is 0 Å². The van der Waals surface area contributed by atoms with Gasteiger partial charge in [-0.1, -0.05) is 6.07 Å². The second-order valence-electron chi connectivity index (χ2n) is 3.88. The van der Waals surface area contributed by atoms with Crippen LogP contribution in [-0.2, 0) is 0 Å². The topological polar surface area (TPSA) is 30.2 Å². The minimum atomic E-state index is -0.339. The van der Waals surface area contributed by atoms with Crippen LogP contribution >= 0.6 is 0 Å². The van der Waals surface area contributed by atoms with Crippen molar-refractivity contribution >= 4 is 5.65 Å². The van der Waals surface area contributed by atoms with E-state index in [2.05, 4.69) is 9.97 Å². The van der Waals surface area contributed by atoms with E-state index in [0.29, 0.717) is 5.69 Å². The van der Waals surface area contributed by atoms with Gasteiger partial charge in [-0.05, 0) is 31.2 Å². The van der Waals surface area contributed by atoms with Crippen LogP contribution in [0.15, 0.2) is 42.7 Å². The molecule has 0 radical (unpaired) electrons. The Morgan fingerprint density at radius 3 is 2.71 bits per heavy atom. The van der Waals surface area contributed by atoms with E-state index in [1.165, 1.54) is 12.3 Å². The molecular weight excluding hydrogens is 217 g/mol. The molecule has 3 heterocycles. The van der Waals surface area contributed by atoms with Crippen molar-refractivity contribution in [1.29, 1.82) is 0 Å². The first-order valence-corrected chi connectivity index (χ1v) is 5.31. The van der Waals surface area contributed by atoms with E-state index in [1.807, 2.05) is 35.7 Å². The molecular formula is C13H10FN3. The molecule has 0 unspecified atom stereocenters. The molecule has 3 aromatic heterocycles. The van der Waals surface area contributed by atoms with E-state index in [1.54, 1.807) is 6.07 Å². The van der Waals surface area contributed by atoms with Crippen LogP contribution in [0.4, 0.5) is 4.39 Å². The van der Waals surface area contributed by atoms with E-state index in [4.69, 9.17) is 0 Å². The number of fused-ring (bicyclic) bond motifs is 1. The van der Waals surface area contributed by atoms with Gasteiger partial charge in [-0.3, -0.25) is 4.98 Å². The van der Waals surface area contributed by atoms with Gasteiger partial charge < -0.3 is 4.40 Å². The third kappa shape index (κ3) is 1.67. The number of hydrogen-bond donors (Lipinski definition) is 0. The van der Waals surface area contributed by atoms with Gasteiger partial charge in [0.15, 0.2) is 0 Å². The third-order valence-corrected chi connectivity index (χ3v) is 2.69. The maximum atomic E-state index is 12.8. The van der Waals surface area contributed by atoms with E-state index < -0.39 is 0 Å². The van der Waals surface area contributed by atoms with Crippen LogP contribution in [0.1, 0.15) is 5.69 Å². The van der Waals surface area contributed by atoms with E-state index >= 15 is 0 Å². The van der Waals surface area contributed by atoms with Crippen LogP contribution in [0.25, 0.3) is 17.0 Å². The molecule has 0 bridgehead atoms. The molecule has 3 rings (SSSR count). The van der Waals surface area contributed by atoms with Crippen LogP contribution in [0.5, 0.6) is 0 Å². The lowest BCUT2D eigenvalue weighted by atomic mass is 10.3. The number of rotatable bonds is 1. The van der Waals surface area contributed by atoms with Crippen LogP contribution in [-0.4, -0.2) is 14.4 Å². The fraction of sp³-hybridized carbons (Fsp3) is 0.0769. The number of aromatic nitrogens is 3. The molecule has 0 amide bonds. The molecule has 0 saturated carbocycles. The van der Waals surface area contributed by atoms with E-state index in [-0.39, 0.29) is 5.82 Å². The number of aryl methyl sites for hydroxylation is 1. The lowest BCUT2D eigenvalue weighted by Gasteiger charge is -1.96. The Hall–Kier alpha value is -2.23. The van der Waals surface area contributed by atoms with Gasteiger partial charge in [0, 0.05) is 11.9 Å². The molecule has 0 saturated heterocycles. The molecule has 3 aromatic rings. The van der Waals surface area contributed by atoms with Gasteiger partial charge in [-0.25, -0.2) is 9.37 Å². The van der Waals surface area contributed by atoms with Crippen molar-refractivity contribution in [3.63, 3.8) is 0 Å². The molecule has 0 aliphatic carbocycles. The minimum absolute atomic E-state index is 0.339. The first-order valence-electron chi connectivity index (χ1n) is 5.31. The maximum Gasteiger partial charge on any atom is 0.141 e. The smallest absolute Gasteiger partial charge is 0.141 e. The lowest BCUT2D eigenvalue weighted by Crippen LogP contribution is -1.86. The maximum absolute atomic E-state index is 12.8. The Labute approximate surface area is 97.6 Å². The largest absolute Gasteiger partial charge is 0.304 e. The van der Waals surface area contributed by atoms with Gasteiger partial charge in [-0.2, -0.15) is 0 Å². The molecule has 17 heavy (non-hydrogen) atoms. The highest BCUT2D eigenvalue weighted by atomic mass is 19.1. The van der Waals surface area contributed by atoms with Crippen molar-refractivity contribution in [2.24, 2.45) is 0 Å². The summed E-state index contributed by atoms with van der Waals surface area (Å²) in [4.78, 5) is 8.47. The van der Waals surface area contributed by atoms with Crippen molar-refractivity contribution in [2.75, 3.05) is 0 Å². The van der Waals surface area contributed by atoms with E-state index in [9.17, 15) is 4.39 Å². The molecule has 0 aromatic carbocycles. The van der Waals surface area contributed by atoms with Crippen molar-refractivity contribution in [2.45, 2.75) is 6.92 Å². The molecule has 4 heteroatoms. The van der Waals surface area contributed by atoms with E-state index in [0.717, 1.165) is 17.0 Å². The highest BCUT2D eigenvalue weighted by Gasteiger charge is 2.06. The predicted molar refractivity (Wildman–Crippen MR) is 63.1 cm³/mol. The zero-order valence-electron chi connectivity index (χ0n) is 9.26. The number of pyridine rings is 2. The van der Waals surface area contributed by atoms with Crippen molar-refractivity contribution in [3.8, 4) is 11.4 Å². The Bertz CT molecular complexity index is 671.